The van der Waals surface area contributed by atoms with Crippen LogP contribution < -0.4 is 5.32 Å². The summed E-state index contributed by atoms with van der Waals surface area (Å²) in [6.45, 7) is 1.76. The van der Waals surface area contributed by atoms with Crippen molar-refractivity contribution in [2.75, 3.05) is 39.9 Å². The van der Waals surface area contributed by atoms with E-state index in [1.165, 1.54) is 0 Å². The van der Waals surface area contributed by atoms with Crippen LogP contribution in [-0.4, -0.2) is 72.6 Å². The van der Waals surface area contributed by atoms with Crippen LogP contribution in [0.3, 0.4) is 0 Å². The Balaban J connectivity index is 2.01. The van der Waals surface area contributed by atoms with Gasteiger partial charge in [0.2, 0.25) is 0 Å². The molecule has 1 aromatic carbocycles. The Hall–Kier alpha value is -1.18. The molecule has 1 aliphatic rings. The molecule has 1 fully saturated rings. The summed E-state index contributed by atoms with van der Waals surface area (Å²) in [7, 11) is 1.60. The highest BCUT2D eigenvalue weighted by molar-refractivity contribution is 6.30. The molecule has 0 aromatic heterocycles. The summed E-state index contributed by atoms with van der Waals surface area (Å²) in [4.78, 5) is 14.1. The quantitative estimate of drug-likeness (QED) is 0.656. The number of benzene rings is 1. The maximum atomic E-state index is 12.5. The predicted octanol–water partition coefficient (Wildman–Crippen LogP) is 0.514. The van der Waals surface area contributed by atoms with Crippen molar-refractivity contribution in [2.24, 2.45) is 0 Å². The van der Waals surface area contributed by atoms with Gasteiger partial charge in [0.25, 0.3) is 5.91 Å². The topological polar surface area (TPSA) is 82.0 Å². The number of methoxy groups -OCH3 is 1. The summed E-state index contributed by atoms with van der Waals surface area (Å²) in [5.74, 6) is -0.177. The second kappa shape index (κ2) is 8.08. The maximum Gasteiger partial charge on any atom is 0.253 e. The number of carbonyl (C=O) groups excluding carboxylic acids is 1. The average Bonchev–Trinajstić information content (AvgIpc) is 2.54. The number of likely N-dealkylation sites (tertiary alicyclic amines) is 1. The standard InChI is InChI=1S/C16H23ClN2O4/c1-23-9-7-18-10-16(22)11-19(8-6-14(16)20)15(21)12-2-4-13(17)5-3-12/h2-5,14,18,20,22H,6-11H2,1H3/t14-,16+/m1/s1. The van der Waals surface area contributed by atoms with Gasteiger partial charge in [-0.25, -0.2) is 0 Å². The molecule has 0 radical (unpaired) electrons. The molecule has 1 heterocycles. The number of ether oxygens (including phenoxy) is 1. The van der Waals surface area contributed by atoms with Gasteiger partial charge in [0.1, 0.15) is 5.60 Å². The van der Waals surface area contributed by atoms with E-state index >= 15 is 0 Å². The number of amides is 1. The second-order valence-electron chi connectivity index (χ2n) is 5.81. The minimum Gasteiger partial charge on any atom is -0.390 e. The van der Waals surface area contributed by atoms with E-state index in [-0.39, 0.29) is 19.0 Å². The number of carbonyl (C=O) groups is 1. The molecule has 0 spiro atoms. The lowest BCUT2D eigenvalue weighted by atomic mass is 9.89. The number of nitrogens with zero attached hydrogens (tertiary/aromatic N) is 1. The zero-order valence-corrected chi connectivity index (χ0v) is 13.9. The Morgan fingerprint density at radius 2 is 2.17 bits per heavy atom. The van der Waals surface area contributed by atoms with Crippen LogP contribution in [0.2, 0.25) is 5.02 Å². The van der Waals surface area contributed by atoms with E-state index in [0.717, 1.165) is 0 Å². The highest BCUT2D eigenvalue weighted by Crippen LogP contribution is 2.23. The van der Waals surface area contributed by atoms with Crippen LogP contribution in [-0.2, 0) is 4.74 Å². The molecule has 3 N–H and O–H groups in total. The Kier molecular flexibility index (Phi) is 6.38. The van der Waals surface area contributed by atoms with E-state index in [0.29, 0.717) is 36.7 Å². The van der Waals surface area contributed by atoms with Crippen LogP contribution in [0.4, 0.5) is 0 Å². The third-order valence-electron chi connectivity index (χ3n) is 4.05. The van der Waals surface area contributed by atoms with Crippen molar-refractivity contribution < 1.29 is 19.7 Å². The Morgan fingerprint density at radius 3 is 2.83 bits per heavy atom. The highest BCUT2D eigenvalue weighted by Gasteiger charge is 2.42. The number of aliphatic hydroxyl groups excluding tert-OH is 1. The first kappa shape index (κ1) is 18.2. The monoisotopic (exact) mass is 342 g/mol. The minimum atomic E-state index is -1.37. The summed E-state index contributed by atoms with van der Waals surface area (Å²) in [5.41, 5.74) is -0.853. The fourth-order valence-corrected chi connectivity index (χ4v) is 2.79. The average molecular weight is 343 g/mol. The molecule has 1 aliphatic heterocycles. The number of aliphatic hydroxyl groups is 2. The largest absolute Gasteiger partial charge is 0.390 e. The summed E-state index contributed by atoms with van der Waals surface area (Å²) >= 11 is 5.83. The van der Waals surface area contributed by atoms with Gasteiger partial charge in [0.05, 0.1) is 19.3 Å². The summed E-state index contributed by atoms with van der Waals surface area (Å²) in [5, 5.41) is 24.4. The van der Waals surface area contributed by atoms with E-state index in [2.05, 4.69) is 5.32 Å². The summed E-state index contributed by atoms with van der Waals surface area (Å²) in [6.07, 6.45) is -0.534. The van der Waals surface area contributed by atoms with Crippen LogP contribution in [0.1, 0.15) is 16.8 Å². The molecule has 1 aromatic rings. The smallest absolute Gasteiger partial charge is 0.253 e. The van der Waals surface area contributed by atoms with Crippen LogP contribution in [0, 0.1) is 0 Å². The number of piperidine rings is 1. The van der Waals surface area contributed by atoms with Crippen molar-refractivity contribution in [1.29, 1.82) is 0 Å². The van der Waals surface area contributed by atoms with Crippen LogP contribution >= 0.6 is 11.6 Å². The molecular weight excluding hydrogens is 320 g/mol. The Bertz CT molecular complexity index is 525. The fourth-order valence-electron chi connectivity index (χ4n) is 2.66. The van der Waals surface area contributed by atoms with Gasteiger partial charge in [0, 0.05) is 37.3 Å². The normalized spacial score (nSPS) is 24.7. The molecule has 0 aliphatic carbocycles. The number of hydrogen-bond acceptors (Lipinski definition) is 5. The van der Waals surface area contributed by atoms with E-state index in [1.807, 2.05) is 0 Å². The summed E-state index contributed by atoms with van der Waals surface area (Å²) in [6, 6.07) is 6.63. The molecule has 1 saturated heterocycles. The van der Waals surface area contributed by atoms with E-state index in [9.17, 15) is 15.0 Å². The molecular formula is C16H23ClN2O4. The molecule has 6 nitrogen and oxygen atoms in total. The molecule has 0 saturated carbocycles. The molecule has 0 unspecified atom stereocenters. The number of halogens is 1. The number of rotatable bonds is 6. The Morgan fingerprint density at radius 1 is 1.48 bits per heavy atom. The van der Waals surface area contributed by atoms with Gasteiger partial charge in [-0.2, -0.15) is 0 Å². The predicted molar refractivity (Wildman–Crippen MR) is 87.7 cm³/mol. The van der Waals surface area contributed by atoms with Crippen LogP contribution in [0.5, 0.6) is 0 Å². The lowest BCUT2D eigenvalue weighted by Gasteiger charge is -2.42. The first-order chi connectivity index (χ1) is 11.0. The maximum absolute atomic E-state index is 12.5. The van der Waals surface area contributed by atoms with Gasteiger partial charge in [-0.15, -0.1) is 0 Å². The lowest BCUT2D eigenvalue weighted by Crippen LogP contribution is -2.62. The van der Waals surface area contributed by atoms with Crippen molar-refractivity contribution in [1.82, 2.24) is 10.2 Å². The van der Waals surface area contributed by atoms with Gasteiger partial charge in [0.15, 0.2) is 0 Å². The van der Waals surface area contributed by atoms with Gasteiger partial charge in [-0.3, -0.25) is 4.79 Å². The molecule has 2 atom stereocenters. The molecule has 128 valence electrons. The van der Waals surface area contributed by atoms with Gasteiger partial charge >= 0.3 is 0 Å². The lowest BCUT2D eigenvalue weighted by molar-refractivity contribution is -0.111. The third kappa shape index (κ3) is 4.65. The van der Waals surface area contributed by atoms with Gasteiger partial charge in [-0.1, -0.05) is 11.6 Å². The highest BCUT2D eigenvalue weighted by atomic mass is 35.5. The summed E-state index contributed by atoms with van der Waals surface area (Å²) < 4.78 is 4.94. The van der Waals surface area contributed by atoms with Crippen LogP contribution in [0.25, 0.3) is 0 Å². The van der Waals surface area contributed by atoms with E-state index < -0.39 is 11.7 Å². The van der Waals surface area contributed by atoms with E-state index in [4.69, 9.17) is 16.3 Å². The SMILES string of the molecule is COCCNC[C@]1(O)CN(C(=O)c2ccc(Cl)cc2)CC[C@H]1O. The zero-order chi connectivity index (χ0) is 16.9. The van der Waals surface area contributed by atoms with Crippen molar-refractivity contribution in [3.63, 3.8) is 0 Å². The first-order valence-electron chi connectivity index (χ1n) is 7.61. The molecule has 23 heavy (non-hydrogen) atoms. The second-order valence-corrected chi connectivity index (χ2v) is 6.25. The number of β-amino-alcohol motifs (C(OH)–C–C–N with tert-alkyl or cyclic N) is 1. The van der Waals surface area contributed by atoms with Crippen molar-refractivity contribution in [3.05, 3.63) is 34.9 Å². The number of nitrogens with one attached hydrogen (secondary N) is 1. The third-order valence-corrected chi connectivity index (χ3v) is 4.30. The van der Waals surface area contributed by atoms with Crippen molar-refractivity contribution in [3.8, 4) is 0 Å². The van der Waals surface area contributed by atoms with Crippen molar-refractivity contribution in [2.45, 2.75) is 18.1 Å². The zero-order valence-electron chi connectivity index (χ0n) is 13.2. The molecule has 0 bridgehead atoms. The first-order valence-corrected chi connectivity index (χ1v) is 7.99. The number of hydrogen-bond donors (Lipinski definition) is 3. The van der Waals surface area contributed by atoms with Crippen LogP contribution in [0.15, 0.2) is 24.3 Å². The van der Waals surface area contributed by atoms with Gasteiger partial charge in [-0.05, 0) is 30.7 Å². The molecule has 1 amide bonds. The van der Waals surface area contributed by atoms with E-state index in [1.54, 1.807) is 36.3 Å². The molecule has 2 rings (SSSR count). The minimum absolute atomic E-state index is 0.0790. The van der Waals surface area contributed by atoms with Gasteiger partial charge < -0.3 is 25.2 Å². The Labute approximate surface area is 141 Å². The van der Waals surface area contributed by atoms with Crippen molar-refractivity contribution >= 4 is 17.5 Å². The molecule has 7 heteroatoms. The fraction of sp³-hybridized carbons (Fsp3) is 0.562.